The van der Waals surface area contributed by atoms with Gasteiger partial charge in [0.05, 0.1) is 12.6 Å². The van der Waals surface area contributed by atoms with E-state index in [-0.39, 0.29) is 18.9 Å². The minimum atomic E-state index is -1.44. The second-order valence-corrected chi connectivity index (χ2v) is 10.9. The molecule has 4 rings (SSSR count). The third-order valence-corrected chi connectivity index (χ3v) is 6.82. The number of amides is 3. The predicted octanol–water partition coefficient (Wildman–Crippen LogP) is 4.08. The van der Waals surface area contributed by atoms with Crippen molar-refractivity contribution in [3.63, 3.8) is 0 Å². The molecule has 40 heavy (non-hydrogen) atoms. The van der Waals surface area contributed by atoms with Gasteiger partial charge in [-0.2, -0.15) is 0 Å². The molecule has 2 aromatic rings. The van der Waals surface area contributed by atoms with Crippen molar-refractivity contribution in [2.45, 2.75) is 83.5 Å². The molecule has 2 heterocycles. The molecular formula is C31H41N3O6. The summed E-state index contributed by atoms with van der Waals surface area (Å²) in [6, 6.07) is 15.1. The Morgan fingerprint density at radius 1 is 1.07 bits per heavy atom. The van der Waals surface area contributed by atoms with Gasteiger partial charge >= 0.3 is 6.09 Å². The minimum absolute atomic E-state index is 0.0435. The molecular weight excluding hydrogens is 510 g/mol. The van der Waals surface area contributed by atoms with E-state index in [2.05, 4.69) is 16.0 Å². The zero-order chi connectivity index (χ0) is 29.0. The van der Waals surface area contributed by atoms with Crippen LogP contribution in [0.2, 0.25) is 0 Å². The van der Waals surface area contributed by atoms with Gasteiger partial charge in [0.2, 0.25) is 11.8 Å². The predicted molar refractivity (Wildman–Crippen MR) is 152 cm³/mol. The van der Waals surface area contributed by atoms with Crippen molar-refractivity contribution in [3.05, 3.63) is 65.7 Å². The normalized spacial score (nSPS) is 22.7. The van der Waals surface area contributed by atoms with Gasteiger partial charge in [-0.3, -0.25) is 9.59 Å². The number of aldehydes is 1. The first-order valence-electron chi connectivity index (χ1n) is 14.0. The summed E-state index contributed by atoms with van der Waals surface area (Å²) in [4.78, 5) is 51.6. The fraction of sp³-hybridized carbons (Fsp3) is 0.484. The van der Waals surface area contributed by atoms with E-state index < -0.39 is 35.5 Å². The Bertz CT molecular complexity index is 1120. The Balaban J connectivity index is 1.86. The Kier molecular flexibility index (Phi) is 11.5. The first kappa shape index (κ1) is 30.7. The summed E-state index contributed by atoms with van der Waals surface area (Å²) in [5.74, 6) is -0.163. The smallest absolute Gasteiger partial charge is 0.408 e. The summed E-state index contributed by atoms with van der Waals surface area (Å²) in [5, 5.41) is 8.37. The highest BCUT2D eigenvalue weighted by Gasteiger charge is 2.38. The van der Waals surface area contributed by atoms with Gasteiger partial charge in [0.1, 0.15) is 30.2 Å². The molecule has 3 amide bonds. The molecule has 2 aliphatic rings. The van der Waals surface area contributed by atoms with E-state index >= 15 is 0 Å². The average Bonchev–Trinajstić information content (AvgIpc) is 2.93. The molecule has 0 fully saturated rings. The lowest BCUT2D eigenvalue weighted by Crippen LogP contribution is -2.62. The summed E-state index contributed by atoms with van der Waals surface area (Å²) in [7, 11) is 0. The number of alkyl carbamates (subject to hydrolysis) is 1. The molecule has 0 aliphatic carbocycles. The van der Waals surface area contributed by atoms with Crippen molar-refractivity contribution in [2.75, 3.05) is 6.61 Å². The van der Waals surface area contributed by atoms with Crippen molar-refractivity contribution in [1.29, 1.82) is 0 Å². The standard InChI is InChI=1S/C31H41N3O6/c1-22(2)18-27-28(36)32-25(20-35)12-8-5-9-17-39-26-15-13-23(14-16-26)19-31(3,29(37)33-27)34-30(38)40-21-24-10-6-4-7-11-24/h4,6-7,10-11,13-16,20,22,25,27H,5,8-9,12,17-19,21H2,1-3H3,(H,32,36)(H,33,37)(H,34,38)/t25-,27-,31-/m0/s1. The van der Waals surface area contributed by atoms with Crippen LogP contribution >= 0.6 is 0 Å². The van der Waals surface area contributed by atoms with Crippen LogP contribution < -0.4 is 20.7 Å². The zero-order valence-corrected chi connectivity index (χ0v) is 23.6. The molecule has 0 spiro atoms. The van der Waals surface area contributed by atoms with Crippen molar-refractivity contribution >= 4 is 24.2 Å². The molecule has 216 valence electrons. The van der Waals surface area contributed by atoms with Crippen molar-refractivity contribution in [2.24, 2.45) is 5.92 Å². The Morgan fingerprint density at radius 2 is 1.80 bits per heavy atom. The van der Waals surface area contributed by atoms with Crippen LogP contribution in [0.15, 0.2) is 54.6 Å². The Hall–Kier alpha value is -3.88. The number of carbonyl (C=O) groups excluding carboxylic acids is 4. The Labute approximate surface area is 236 Å². The number of ether oxygens (including phenoxy) is 2. The quantitative estimate of drug-likeness (QED) is 0.465. The Morgan fingerprint density at radius 3 is 2.48 bits per heavy atom. The molecule has 9 heteroatoms. The van der Waals surface area contributed by atoms with Crippen molar-refractivity contribution in [3.8, 4) is 5.75 Å². The third kappa shape index (κ3) is 9.70. The van der Waals surface area contributed by atoms with Gasteiger partial charge in [-0.25, -0.2) is 4.79 Å². The molecule has 9 nitrogen and oxygen atoms in total. The molecule has 0 saturated heterocycles. The topological polar surface area (TPSA) is 123 Å². The fourth-order valence-electron chi connectivity index (χ4n) is 4.59. The summed E-state index contributed by atoms with van der Waals surface area (Å²) in [6.45, 7) is 6.08. The maximum Gasteiger partial charge on any atom is 0.408 e. The number of rotatable bonds is 6. The second-order valence-electron chi connectivity index (χ2n) is 10.9. The van der Waals surface area contributed by atoms with Crippen LogP contribution in [-0.4, -0.2) is 48.4 Å². The highest BCUT2D eigenvalue weighted by molar-refractivity contribution is 5.94. The number of benzene rings is 2. The van der Waals surface area contributed by atoms with E-state index in [1.807, 2.05) is 68.4 Å². The SMILES string of the molecule is CC(C)C[C@@H]1NC(=O)[C@@](C)(NC(=O)OCc2ccccc2)Cc2ccc(cc2)OCCCCC[C@@H](C=O)NC1=O. The van der Waals surface area contributed by atoms with Crippen LogP contribution in [0.25, 0.3) is 0 Å². The molecule has 2 aromatic carbocycles. The van der Waals surface area contributed by atoms with E-state index in [0.29, 0.717) is 25.2 Å². The molecule has 3 atom stereocenters. The van der Waals surface area contributed by atoms with Gasteiger partial charge in [0.15, 0.2) is 0 Å². The minimum Gasteiger partial charge on any atom is -0.494 e. The number of hydrogen-bond donors (Lipinski definition) is 3. The first-order chi connectivity index (χ1) is 19.2. The van der Waals surface area contributed by atoms with E-state index in [1.54, 1.807) is 6.92 Å². The van der Waals surface area contributed by atoms with Crippen molar-refractivity contribution in [1.82, 2.24) is 16.0 Å². The van der Waals surface area contributed by atoms with Gasteiger partial charge in [-0.15, -0.1) is 0 Å². The van der Waals surface area contributed by atoms with E-state index in [9.17, 15) is 19.2 Å². The molecule has 0 radical (unpaired) electrons. The second kappa shape index (κ2) is 15.1. The summed E-state index contributed by atoms with van der Waals surface area (Å²) < 4.78 is 11.2. The van der Waals surface area contributed by atoms with Gasteiger partial charge in [0.25, 0.3) is 0 Å². The number of nitrogens with one attached hydrogen (secondary N) is 3. The maximum atomic E-state index is 13.8. The third-order valence-electron chi connectivity index (χ3n) is 6.82. The summed E-state index contributed by atoms with van der Waals surface area (Å²) in [5.41, 5.74) is 0.160. The number of fused-ring (bicyclic) bond motifs is 15. The van der Waals surface area contributed by atoms with E-state index in [4.69, 9.17) is 9.47 Å². The average molecular weight is 552 g/mol. The van der Waals surface area contributed by atoms with E-state index in [0.717, 1.165) is 36.7 Å². The van der Waals surface area contributed by atoms with Crippen LogP contribution in [-0.2, 0) is 32.1 Å². The summed E-state index contributed by atoms with van der Waals surface area (Å²) in [6.07, 6.45) is 3.41. The van der Waals surface area contributed by atoms with Gasteiger partial charge in [-0.1, -0.05) is 62.7 Å². The number of hydrogen-bond acceptors (Lipinski definition) is 6. The molecule has 2 aliphatic heterocycles. The summed E-state index contributed by atoms with van der Waals surface area (Å²) >= 11 is 0. The zero-order valence-electron chi connectivity index (χ0n) is 23.6. The molecule has 0 aromatic heterocycles. The largest absolute Gasteiger partial charge is 0.494 e. The highest BCUT2D eigenvalue weighted by Crippen LogP contribution is 2.20. The monoisotopic (exact) mass is 551 g/mol. The van der Waals surface area contributed by atoms with Gasteiger partial charge < -0.3 is 30.2 Å². The molecule has 0 saturated carbocycles. The molecule has 0 unspecified atom stereocenters. The highest BCUT2D eigenvalue weighted by atomic mass is 16.5. The number of carbonyl (C=O) groups is 4. The lowest BCUT2D eigenvalue weighted by Gasteiger charge is -2.32. The van der Waals surface area contributed by atoms with Crippen molar-refractivity contribution < 1.29 is 28.7 Å². The van der Waals surface area contributed by atoms with Crippen LogP contribution in [0.5, 0.6) is 5.75 Å². The fourth-order valence-corrected chi connectivity index (χ4v) is 4.59. The van der Waals surface area contributed by atoms with Crippen LogP contribution in [0, 0.1) is 5.92 Å². The van der Waals surface area contributed by atoms with Gasteiger partial charge in [0, 0.05) is 6.42 Å². The maximum absolute atomic E-state index is 13.8. The molecule has 3 N–H and O–H groups in total. The lowest BCUT2D eigenvalue weighted by molar-refractivity contribution is -0.133. The van der Waals surface area contributed by atoms with Gasteiger partial charge in [-0.05, 0) is 61.8 Å². The first-order valence-corrected chi connectivity index (χ1v) is 14.0. The lowest BCUT2D eigenvalue weighted by atomic mass is 9.90. The van der Waals surface area contributed by atoms with Crippen LogP contribution in [0.3, 0.4) is 0 Å². The van der Waals surface area contributed by atoms with Crippen LogP contribution in [0.1, 0.15) is 64.0 Å². The molecule has 2 bridgehead atoms. The van der Waals surface area contributed by atoms with Crippen LogP contribution in [0.4, 0.5) is 4.79 Å². The van der Waals surface area contributed by atoms with E-state index in [1.165, 1.54) is 0 Å².